The predicted molar refractivity (Wildman–Crippen MR) is 172 cm³/mol. The summed E-state index contributed by atoms with van der Waals surface area (Å²) in [5.41, 5.74) is 1.01. The van der Waals surface area contributed by atoms with E-state index in [1.807, 2.05) is 0 Å². The molecule has 2 N–H and O–H groups in total. The van der Waals surface area contributed by atoms with Gasteiger partial charge in [0.1, 0.15) is 35.7 Å². The minimum atomic E-state index is -0.906. The number of nitrogens with one attached hydrogen (secondary N) is 1. The molecule has 10 heteroatoms. The Labute approximate surface area is 265 Å². The molecule has 0 saturated carbocycles. The lowest BCUT2D eigenvalue weighted by Crippen LogP contribution is -2.58. The first kappa shape index (κ1) is 29.3. The second-order valence-electron chi connectivity index (χ2n) is 13.2. The largest absolute Gasteiger partial charge is 0.508 e. The van der Waals surface area contributed by atoms with Crippen molar-refractivity contribution in [2.45, 2.75) is 69.2 Å². The van der Waals surface area contributed by atoms with Gasteiger partial charge < -0.3 is 20.1 Å². The van der Waals surface area contributed by atoms with E-state index >= 15 is 4.39 Å². The highest BCUT2D eigenvalue weighted by atomic mass is 19.1. The van der Waals surface area contributed by atoms with Gasteiger partial charge in [-0.1, -0.05) is 18.9 Å². The Morgan fingerprint density at radius 3 is 2.85 bits per heavy atom. The Hall–Kier alpha value is -4.07. The lowest BCUT2D eigenvalue weighted by atomic mass is 9.90. The van der Waals surface area contributed by atoms with E-state index in [1.165, 1.54) is 24.3 Å². The highest BCUT2D eigenvalue weighted by molar-refractivity contribution is 6.05. The molecule has 0 spiro atoms. The fourth-order valence-electron chi connectivity index (χ4n) is 8.64. The summed E-state index contributed by atoms with van der Waals surface area (Å²) >= 11 is 0. The number of benzene rings is 3. The average Bonchev–Trinajstić information content (AvgIpc) is 3.52. The number of phenolic OH excluding ortho intramolecular Hbond substituents is 1. The standard InChI is InChI=1S/C36H36F3N5O2/c1-3-24-27(38)8-6-20-14-23(45)16-25(30(20)24)26-15-21-7-9-29-28(4-2)40-11-13-44(29)34-31(21)33(32(26)39)41-35(42-34)46-19-36-10-5-12-43(36)18-22(37)17-36/h1,6,8,14-16,22,28-29,40,45H,4-5,7,9-13,17-19H2,2H3/t22-,28+,29-,36+/m1/s1. The van der Waals surface area contributed by atoms with Crippen molar-refractivity contribution in [1.82, 2.24) is 20.2 Å². The summed E-state index contributed by atoms with van der Waals surface area (Å²) in [6, 6.07) is 7.89. The van der Waals surface area contributed by atoms with Crippen molar-refractivity contribution in [3.8, 4) is 35.2 Å². The van der Waals surface area contributed by atoms with Gasteiger partial charge >= 0.3 is 6.01 Å². The molecule has 0 aliphatic carbocycles. The van der Waals surface area contributed by atoms with E-state index in [0.717, 1.165) is 44.3 Å². The lowest BCUT2D eigenvalue weighted by Gasteiger charge is -2.42. The molecule has 5 heterocycles. The summed E-state index contributed by atoms with van der Waals surface area (Å²) in [4.78, 5) is 14.1. The van der Waals surface area contributed by atoms with Crippen LogP contribution in [0.3, 0.4) is 0 Å². The van der Waals surface area contributed by atoms with Crippen molar-refractivity contribution >= 4 is 27.5 Å². The number of fused-ring (bicyclic) bond motifs is 4. The van der Waals surface area contributed by atoms with Gasteiger partial charge in [0, 0.05) is 54.5 Å². The van der Waals surface area contributed by atoms with E-state index < -0.39 is 23.3 Å². The maximum absolute atomic E-state index is 17.1. The number of aromatic hydroxyl groups is 1. The highest BCUT2D eigenvalue weighted by Crippen LogP contribution is 2.45. The third-order valence-electron chi connectivity index (χ3n) is 10.7. The van der Waals surface area contributed by atoms with Crippen LogP contribution in [0.25, 0.3) is 32.8 Å². The molecule has 0 amide bonds. The number of halogens is 3. The molecule has 238 valence electrons. The lowest BCUT2D eigenvalue weighted by molar-refractivity contribution is 0.107. The van der Waals surface area contributed by atoms with Gasteiger partial charge in [-0.05, 0) is 79.4 Å². The second-order valence-corrected chi connectivity index (χ2v) is 13.2. The molecule has 0 bridgehead atoms. The Kier molecular flexibility index (Phi) is 7.03. The molecule has 1 aromatic heterocycles. The Bertz CT molecular complexity index is 1930. The number of nitrogens with zero attached hydrogens (tertiary/aromatic N) is 4. The molecule has 0 radical (unpaired) electrons. The number of ether oxygens (including phenoxy) is 1. The fraction of sp³-hybridized carbons (Fsp3) is 0.444. The number of aryl methyl sites for hydroxylation is 1. The zero-order valence-corrected chi connectivity index (χ0v) is 25.8. The quantitative estimate of drug-likeness (QED) is 0.268. The summed E-state index contributed by atoms with van der Waals surface area (Å²) in [6.45, 7) is 5.05. The first-order valence-electron chi connectivity index (χ1n) is 16.3. The van der Waals surface area contributed by atoms with Gasteiger partial charge in [0.25, 0.3) is 0 Å². The number of piperazine rings is 1. The van der Waals surface area contributed by atoms with Crippen LogP contribution in [0.5, 0.6) is 11.8 Å². The molecular weight excluding hydrogens is 591 g/mol. The van der Waals surface area contributed by atoms with Crippen LogP contribution in [0, 0.1) is 24.0 Å². The van der Waals surface area contributed by atoms with Crippen LogP contribution in [-0.4, -0.2) is 76.6 Å². The first-order chi connectivity index (χ1) is 22.3. The molecule has 7 nitrogen and oxygen atoms in total. The molecular formula is C36H36F3N5O2. The smallest absolute Gasteiger partial charge is 0.319 e. The number of anilines is 1. The van der Waals surface area contributed by atoms with Crippen LogP contribution in [0.4, 0.5) is 19.0 Å². The predicted octanol–water partition coefficient (Wildman–Crippen LogP) is 5.87. The van der Waals surface area contributed by atoms with Crippen molar-refractivity contribution in [1.29, 1.82) is 0 Å². The maximum Gasteiger partial charge on any atom is 0.319 e. The van der Waals surface area contributed by atoms with Gasteiger partial charge in [0.05, 0.1) is 11.1 Å². The van der Waals surface area contributed by atoms with Gasteiger partial charge in [-0.2, -0.15) is 9.97 Å². The number of terminal acetylenes is 1. The number of hydrogen-bond donors (Lipinski definition) is 2. The SMILES string of the molecule is C#Cc1c(F)ccc2cc(O)cc(-c3cc4c5c(nc(OC[C@@]67CCCN6C[C@H](F)C7)nc5c3F)N3CCN[C@@H](CC)[C@H]3CC4)c12. The third-order valence-corrected chi connectivity index (χ3v) is 10.7. The van der Waals surface area contributed by atoms with E-state index in [2.05, 4.69) is 28.0 Å². The molecule has 3 fully saturated rings. The van der Waals surface area contributed by atoms with Crippen molar-refractivity contribution in [2.75, 3.05) is 37.7 Å². The van der Waals surface area contributed by atoms with Crippen LogP contribution >= 0.6 is 0 Å². The number of rotatable bonds is 5. The minimum Gasteiger partial charge on any atom is -0.508 e. The average molecular weight is 628 g/mol. The van der Waals surface area contributed by atoms with E-state index in [0.29, 0.717) is 47.9 Å². The molecule has 4 atom stereocenters. The highest BCUT2D eigenvalue weighted by Gasteiger charge is 2.49. The topological polar surface area (TPSA) is 73.8 Å². The zero-order chi connectivity index (χ0) is 31.7. The molecule has 0 unspecified atom stereocenters. The fourth-order valence-corrected chi connectivity index (χ4v) is 8.64. The van der Waals surface area contributed by atoms with Crippen LogP contribution in [0.2, 0.25) is 0 Å². The molecule has 3 aromatic carbocycles. The van der Waals surface area contributed by atoms with E-state index in [4.69, 9.17) is 21.1 Å². The monoisotopic (exact) mass is 627 g/mol. The summed E-state index contributed by atoms with van der Waals surface area (Å²) in [5, 5.41) is 15.8. The number of hydrogen-bond acceptors (Lipinski definition) is 7. The Morgan fingerprint density at radius 2 is 2.02 bits per heavy atom. The summed E-state index contributed by atoms with van der Waals surface area (Å²) in [7, 11) is 0. The van der Waals surface area contributed by atoms with Crippen LogP contribution in [-0.2, 0) is 6.42 Å². The van der Waals surface area contributed by atoms with Gasteiger partial charge in [0.2, 0.25) is 0 Å². The van der Waals surface area contributed by atoms with Crippen molar-refractivity contribution in [3.05, 3.63) is 53.1 Å². The van der Waals surface area contributed by atoms with Gasteiger partial charge in [-0.25, -0.2) is 13.2 Å². The summed E-state index contributed by atoms with van der Waals surface area (Å²) in [5.74, 6) is 1.75. The van der Waals surface area contributed by atoms with Gasteiger partial charge in [-0.3, -0.25) is 4.90 Å². The molecule has 3 saturated heterocycles. The second kappa shape index (κ2) is 11.0. The van der Waals surface area contributed by atoms with E-state index in [1.54, 1.807) is 6.07 Å². The van der Waals surface area contributed by atoms with Crippen molar-refractivity contribution < 1.29 is 23.0 Å². The molecule has 8 rings (SSSR count). The molecule has 4 aromatic rings. The summed E-state index contributed by atoms with van der Waals surface area (Å²) in [6.07, 6.45) is 9.42. The van der Waals surface area contributed by atoms with Crippen LogP contribution < -0.4 is 15.0 Å². The Morgan fingerprint density at radius 1 is 1.15 bits per heavy atom. The molecule has 46 heavy (non-hydrogen) atoms. The maximum atomic E-state index is 17.1. The van der Waals surface area contributed by atoms with Crippen molar-refractivity contribution in [3.63, 3.8) is 0 Å². The normalized spacial score (nSPS) is 25.8. The number of alkyl halides is 1. The van der Waals surface area contributed by atoms with Crippen molar-refractivity contribution in [2.24, 2.45) is 0 Å². The van der Waals surface area contributed by atoms with Gasteiger partial charge in [-0.15, -0.1) is 6.42 Å². The molecule has 4 aliphatic rings. The Balaban J connectivity index is 1.33. The zero-order valence-electron chi connectivity index (χ0n) is 25.8. The van der Waals surface area contributed by atoms with Gasteiger partial charge in [0.15, 0.2) is 5.82 Å². The minimum absolute atomic E-state index is 0.00218. The number of aromatic nitrogens is 2. The third kappa shape index (κ3) is 4.50. The number of phenols is 1. The molecule has 4 aliphatic heterocycles. The van der Waals surface area contributed by atoms with E-state index in [-0.39, 0.29) is 52.7 Å². The van der Waals surface area contributed by atoms with E-state index in [9.17, 15) is 13.9 Å². The van der Waals surface area contributed by atoms with Crippen LogP contribution in [0.15, 0.2) is 30.3 Å². The summed E-state index contributed by atoms with van der Waals surface area (Å²) < 4.78 is 52.9. The first-order valence-corrected chi connectivity index (χ1v) is 16.3. The van der Waals surface area contributed by atoms with Crippen LogP contribution in [0.1, 0.15) is 50.2 Å².